The van der Waals surface area contributed by atoms with E-state index in [4.69, 9.17) is 0 Å². The third-order valence-electron chi connectivity index (χ3n) is 16.4. The Morgan fingerprint density at radius 1 is 0.397 bits per heavy atom. The first kappa shape index (κ1) is 33.3. The molecule has 282 valence electrons. The first-order valence-corrected chi connectivity index (χ1v) is 22.2. The Kier molecular flexibility index (Phi) is 7.14. The molecule has 1 heteroatoms. The van der Waals surface area contributed by atoms with Gasteiger partial charge in [-0.05, 0) is 166 Å². The minimum Gasteiger partial charge on any atom is -0.310 e. The molecule has 6 aliphatic rings. The van der Waals surface area contributed by atoms with Crippen LogP contribution >= 0.6 is 0 Å². The normalized spacial score (nSPS) is 24.8. The molecule has 0 radical (unpaired) electrons. The van der Waals surface area contributed by atoms with E-state index >= 15 is 0 Å². The van der Waals surface area contributed by atoms with Crippen LogP contribution in [-0.4, -0.2) is 0 Å². The average Bonchev–Trinajstić information content (AvgIpc) is 4.04. The molecule has 0 aromatic heterocycles. The summed E-state index contributed by atoms with van der Waals surface area (Å²) in [5.41, 5.74) is 21.1. The Morgan fingerprint density at radius 2 is 0.983 bits per heavy atom. The molecular weight excluding hydrogens is 699 g/mol. The average molecular weight is 748 g/mol. The quantitative estimate of drug-likeness (QED) is 0.169. The molecule has 7 aromatic carbocycles. The van der Waals surface area contributed by atoms with Crippen LogP contribution in [0.15, 0.2) is 164 Å². The van der Waals surface area contributed by atoms with Crippen molar-refractivity contribution in [3.63, 3.8) is 0 Å². The first-order chi connectivity index (χ1) is 28.7. The summed E-state index contributed by atoms with van der Waals surface area (Å²) in [5.74, 6) is 3.29. The second-order valence-electron chi connectivity index (χ2n) is 18.7. The lowest BCUT2D eigenvalue weighted by molar-refractivity contribution is 0.106. The van der Waals surface area contributed by atoms with Gasteiger partial charge in [0, 0.05) is 27.8 Å². The van der Waals surface area contributed by atoms with Crippen molar-refractivity contribution in [3.8, 4) is 44.5 Å². The third kappa shape index (κ3) is 4.48. The van der Waals surface area contributed by atoms with Crippen LogP contribution in [0.1, 0.15) is 80.0 Å². The molecule has 0 aliphatic heterocycles. The number of nitrogens with zero attached hydrogens (tertiary/aromatic N) is 1. The van der Waals surface area contributed by atoms with Crippen LogP contribution in [0.2, 0.25) is 0 Å². The maximum atomic E-state index is 2.69. The highest BCUT2D eigenvalue weighted by atomic mass is 15.1. The number of benzene rings is 7. The molecule has 7 aromatic rings. The van der Waals surface area contributed by atoms with Crippen LogP contribution in [0.5, 0.6) is 0 Å². The van der Waals surface area contributed by atoms with E-state index in [1.54, 1.807) is 16.7 Å². The van der Waals surface area contributed by atoms with Gasteiger partial charge in [-0.1, -0.05) is 140 Å². The lowest BCUT2D eigenvalue weighted by Gasteiger charge is -2.49. The van der Waals surface area contributed by atoms with Crippen molar-refractivity contribution in [1.29, 1.82) is 0 Å². The highest BCUT2D eigenvalue weighted by molar-refractivity contribution is 5.94. The zero-order valence-corrected chi connectivity index (χ0v) is 33.2. The van der Waals surface area contributed by atoms with Gasteiger partial charge in [0.05, 0.1) is 5.69 Å². The van der Waals surface area contributed by atoms with Crippen LogP contribution in [0.25, 0.3) is 44.5 Å². The second kappa shape index (κ2) is 12.4. The molecule has 3 bridgehead atoms. The Labute approximate surface area is 343 Å². The monoisotopic (exact) mass is 747 g/mol. The van der Waals surface area contributed by atoms with E-state index in [9.17, 15) is 0 Å². The molecular formula is C57H49N. The fraction of sp³-hybridized carbons (Fsp3) is 0.263. The topological polar surface area (TPSA) is 3.24 Å². The van der Waals surface area contributed by atoms with Gasteiger partial charge in [-0.2, -0.15) is 0 Å². The molecule has 5 atom stereocenters. The predicted octanol–water partition coefficient (Wildman–Crippen LogP) is 15.1. The molecule has 5 unspecified atom stereocenters. The number of fused-ring (bicyclic) bond motifs is 14. The highest BCUT2D eigenvalue weighted by Gasteiger charge is 2.62. The van der Waals surface area contributed by atoms with Gasteiger partial charge in [-0.3, -0.25) is 0 Å². The van der Waals surface area contributed by atoms with Crippen LogP contribution in [0, 0.1) is 23.7 Å². The van der Waals surface area contributed by atoms with Gasteiger partial charge in [0.2, 0.25) is 0 Å². The van der Waals surface area contributed by atoms with Crippen LogP contribution in [0.3, 0.4) is 0 Å². The SMILES string of the molecule is c1ccc(-c2ccc(N(c3ccc4c(c3)C3(CCCC3)c3ccccc3-4)c3ccc4c(c3)C3(c5ccccc5-4)C4CCC5CC3CC5C4)c(-c3ccccc3)c2)cc1. The minimum absolute atomic E-state index is 0.0940. The van der Waals surface area contributed by atoms with Crippen molar-refractivity contribution in [3.05, 3.63) is 186 Å². The number of anilines is 3. The molecule has 0 N–H and O–H groups in total. The van der Waals surface area contributed by atoms with Gasteiger partial charge in [0.25, 0.3) is 0 Å². The van der Waals surface area contributed by atoms with E-state index < -0.39 is 0 Å². The Hall–Kier alpha value is -5.66. The summed E-state index contributed by atoms with van der Waals surface area (Å²) >= 11 is 0. The molecule has 6 aliphatic carbocycles. The van der Waals surface area contributed by atoms with E-state index in [0.29, 0.717) is 5.92 Å². The van der Waals surface area contributed by atoms with Gasteiger partial charge in [0.15, 0.2) is 0 Å². The van der Waals surface area contributed by atoms with Crippen molar-refractivity contribution >= 4 is 17.1 Å². The van der Waals surface area contributed by atoms with E-state index in [-0.39, 0.29) is 10.8 Å². The molecule has 0 heterocycles. The smallest absolute Gasteiger partial charge is 0.0540 e. The van der Waals surface area contributed by atoms with Crippen molar-refractivity contribution in [2.75, 3.05) is 4.90 Å². The fourth-order valence-electron chi connectivity index (χ4n) is 14.1. The van der Waals surface area contributed by atoms with E-state index in [0.717, 1.165) is 17.8 Å². The third-order valence-corrected chi connectivity index (χ3v) is 16.4. The predicted molar refractivity (Wildman–Crippen MR) is 240 cm³/mol. The summed E-state index contributed by atoms with van der Waals surface area (Å²) in [5, 5.41) is 0. The summed E-state index contributed by atoms with van der Waals surface area (Å²) in [7, 11) is 0. The van der Waals surface area contributed by atoms with E-state index in [1.807, 2.05) is 0 Å². The van der Waals surface area contributed by atoms with Crippen molar-refractivity contribution in [1.82, 2.24) is 0 Å². The number of rotatable bonds is 5. The van der Waals surface area contributed by atoms with Gasteiger partial charge >= 0.3 is 0 Å². The summed E-state index contributed by atoms with van der Waals surface area (Å²) in [6, 6.07) is 63.3. The molecule has 2 spiro atoms. The summed E-state index contributed by atoms with van der Waals surface area (Å²) in [4.78, 5) is 2.65. The lowest BCUT2D eigenvalue weighted by atomic mass is 9.54. The zero-order valence-electron chi connectivity index (χ0n) is 33.2. The van der Waals surface area contributed by atoms with Crippen LogP contribution in [0.4, 0.5) is 17.1 Å². The Bertz CT molecular complexity index is 2750. The molecule has 4 fully saturated rings. The van der Waals surface area contributed by atoms with Gasteiger partial charge in [-0.25, -0.2) is 0 Å². The molecule has 0 amide bonds. The van der Waals surface area contributed by atoms with Crippen LogP contribution < -0.4 is 4.90 Å². The highest BCUT2D eigenvalue weighted by Crippen LogP contribution is 2.70. The molecule has 4 saturated carbocycles. The van der Waals surface area contributed by atoms with Crippen molar-refractivity contribution in [2.45, 2.75) is 68.6 Å². The van der Waals surface area contributed by atoms with E-state index in [1.165, 1.54) is 125 Å². The van der Waals surface area contributed by atoms with Gasteiger partial charge in [0.1, 0.15) is 0 Å². The van der Waals surface area contributed by atoms with Gasteiger partial charge in [-0.15, -0.1) is 0 Å². The van der Waals surface area contributed by atoms with Crippen molar-refractivity contribution in [2.24, 2.45) is 23.7 Å². The van der Waals surface area contributed by atoms with Crippen LogP contribution in [-0.2, 0) is 10.8 Å². The maximum Gasteiger partial charge on any atom is 0.0540 e. The fourth-order valence-corrected chi connectivity index (χ4v) is 14.1. The molecule has 1 nitrogen and oxygen atoms in total. The Morgan fingerprint density at radius 3 is 1.74 bits per heavy atom. The number of hydrogen-bond donors (Lipinski definition) is 0. The maximum absolute atomic E-state index is 2.69. The molecule has 0 saturated heterocycles. The molecule has 13 rings (SSSR count). The molecule has 58 heavy (non-hydrogen) atoms. The largest absolute Gasteiger partial charge is 0.310 e. The van der Waals surface area contributed by atoms with E-state index in [2.05, 4.69) is 169 Å². The standard InChI is InChI=1S/C57H49N/c1-3-13-37(14-4-1)40-22-28-55(50(34-40)38-15-5-2-6-16-38)58(44-24-26-48-46-17-7-9-19-51(46)56(53(48)35-44)29-11-12-30-56)45-25-27-49-47-18-8-10-20-52(47)57(54(49)36-45)42-23-21-39-31-43(57)33-41(39)32-42/h1-10,13-20,22,24-28,34-36,39,41-43H,11-12,21,23,29-33H2. The summed E-state index contributed by atoms with van der Waals surface area (Å²) in [6.07, 6.45) is 12.0. The minimum atomic E-state index is 0.0940. The lowest BCUT2D eigenvalue weighted by Crippen LogP contribution is -2.45. The summed E-state index contributed by atoms with van der Waals surface area (Å²) in [6.45, 7) is 0. The number of hydrogen-bond acceptors (Lipinski definition) is 1. The Balaban J connectivity index is 1.07. The summed E-state index contributed by atoms with van der Waals surface area (Å²) < 4.78 is 0. The second-order valence-corrected chi connectivity index (χ2v) is 18.7. The van der Waals surface area contributed by atoms with Crippen molar-refractivity contribution < 1.29 is 0 Å². The first-order valence-electron chi connectivity index (χ1n) is 22.2. The zero-order chi connectivity index (χ0) is 38.0. The van der Waals surface area contributed by atoms with Gasteiger partial charge < -0.3 is 4.90 Å².